The molecule has 20 heavy (non-hydrogen) atoms. The first-order valence-electron chi connectivity index (χ1n) is 8.82. The Hall–Kier alpha value is -0.120. The monoisotopic (exact) mass is 279 g/mol. The smallest absolute Gasteiger partial charge is 0.0223 e. The van der Waals surface area contributed by atoms with Crippen molar-refractivity contribution in [3.63, 3.8) is 0 Å². The second-order valence-corrected chi connectivity index (χ2v) is 7.79. The van der Waals surface area contributed by atoms with E-state index in [1.54, 1.807) is 0 Å². The zero-order valence-electron chi connectivity index (χ0n) is 13.6. The van der Waals surface area contributed by atoms with Crippen molar-refractivity contribution in [1.82, 2.24) is 15.1 Å². The molecule has 2 aliphatic heterocycles. The SMILES string of the molecule is CC(C)CNCC1CCC1N1CCC2CCC(C1)N2C. The molecular weight excluding hydrogens is 246 g/mol. The minimum Gasteiger partial charge on any atom is -0.316 e. The molecule has 4 unspecified atom stereocenters. The molecule has 3 rings (SSSR count). The van der Waals surface area contributed by atoms with Gasteiger partial charge in [0.1, 0.15) is 0 Å². The van der Waals surface area contributed by atoms with E-state index in [4.69, 9.17) is 0 Å². The molecule has 2 saturated heterocycles. The Kier molecular flexibility index (Phi) is 4.68. The summed E-state index contributed by atoms with van der Waals surface area (Å²) >= 11 is 0. The first-order valence-corrected chi connectivity index (χ1v) is 8.82. The lowest BCUT2D eigenvalue weighted by Crippen LogP contribution is -2.53. The van der Waals surface area contributed by atoms with Crippen LogP contribution in [-0.4, -0.2) is 61.2 Å². The summed E-state index contributed by atoms with van der Waals surface area (Å²) in [5.74, 6) is 1.69. The van der Waals surface area contributed by atoms with Gasteiger partial charge in [-0.2, -0.15) is 0 Å². The summed E-state index contributed by atoms with van der Waals surface area (Å²) in [6.07, 6.45) is 7.15. The predicted molar refractivity (Wildman–Crippen MR) is 85.0 cm³/mol. The Morgan fingerprint density at radius 3 is 2.55 bits per heavy atom. The van der Waals surface area contributed by atoms with Crippen molar-refractivity contribution in [3.8, 4) is 0 Å². The van der Waals surface area contributed by atoms with Crippen LogP contribution >= 0.6 is 0 Å². The van der Waals surface area contributed by atoms with Gasteiger partial charge in [-0.3, -0.25) is 9.80 Å². The lowest BCUT2D eigenvalue weighted by Gasteiger charge is -2.45. The molecule has 0 aromatic carbocycles. The average molecular weight is 279 g/mol. The summed E-state index contributed by atoms with van der Waals surface area (Å²) < 4.78 is 0. The van der Waals surface area contributed by atoms with E-state index in [9.17, 15) is 0 Å². The number of nitrogens with zero attached hydrogens (tertiary/aromatic N) is 2. The van der Waals surface area contributed by atoms with Gasteiger partial charge in [-0.15, -0.1) is 0 Å². The number of hydrogen-bond acceptors (Lipinski definition) is 3. The first kappa shape index (κ1) is 14.8. The van der Waals surface area contributed by atoms with Gasteiger partial charge in [0, 0.05) is 24.7 Å². The fraction of sp³-hybridized carbons (Fsp3) is 1.00. The maximum Gasteiger partial charge on any atom is 0.0223 e. The molecule has 0 aromatic rings. The van der Waals surface area contributed by atoms with Crippen LogP contribution in [-0.2, 0) is 0 Å². The van der Waals surface area contributed by atoms with Crippen molar-refractivity contribution in [1.29, 1.82) is 0 Å². The maximum atomic E-state index is 3.68. The Morgan fingerprint density at radius 1 is 1.05 bits per heavy atom. The van der Waals surface area contributed by atoms with Gasteiger partial charge in [-0.05, 0) is 70.6 Å². The zero-order chi connectivity index (χ0) is 14.1. The maximum absolute atomic E-state index is 3.68. The fourth-order valence-electron chi connectivity index (χ4n) is 4.46. The molecule has 3 aliphatic rings. The topological polar surface area (TPSA) is 18.5 Å². The number of fused-ring (bicyclic) bond motifs is 2. The standard InChI is InChI=1S/C17H33N3/c1-13(2)10-18-11-14-4-7-17(14)20-9-8-15-5-6-16(12-20)19(15)3/h13-18H,4-12H2,1-3H3. The van der Waals surface area contributed by atoms with E-state index >= 15 is 0 Å². The molecule has 1 N–H and O–H groups in total. The Labute approximate surface area is 125 Å². The molecule has 4 atom stereocenters. The third-order valence-corrected chi connectivity index (χ3v) is 5.99. The molecule has 1 saturated carbocycles. The molecule has 3 fully saturated rings. The predicted octanol–water partition coefficient (Wildman–Crippen LogP) is 2.18. The molecule has 0 spiro atoms. The second kappa shape index (κ2) is 6.33. The Balaban J connectivity index is 1.49. The summed E-state index contributed by atoms with van der Waals surface area (Å²) in [7, 11) is 2.36. The van der Waals surface area contributed by atoms with Crippen LogP contribution in [0.1, 0.15) is 46.0 Å². The van der Waals surface area contributed by atoms with Gasteiger partial charge < -0.3 is 5.32 Å². The Morgan fingerprint density at radius 2 is 1.85 bits per heavy atom. The van der Waals surface area contributed by atoms with E-state index < -0.39 is 0 Å². The van der Waals surface area contributed by atoms with Crippen molar-refractivity contribution >= 4 is 0 Å². The third kappa shape index (κ3) is 3.05. The van der Waals surface area contributed by atoms with Crippen LogP contribution in [0.25, 0.3) is 0 Å². The second-order valence-electron chi connectivity index (χ2n) is 7.79. The van der Waals surface area contributed by atoms with Crippen molar-refractivity contribution in [3.05, 3.63) is 0 Å². The van der Waals surface area contributed by atoms with Crippen molar-refractivity contribution in [2.45, 2.75) is 64.1 Å². The van der Waals surface area contributed by atoms with Crippen molar-refractivity contribution in [2.75, 3.05) is 33.2 Å². The first-order chi connectivity index (χ1) is 9.65. The van der Waals surface area contributed by atoms with Crippen LogP contribution < -0.4 is 5.32 Å². The number of likely N-dealkylation sites (tertiary alicyclic amines) is 1. The Bertz CT molecular complexity index is 317. The van der Waals surface area contributed by atoms with Crippen LogP contribution in [0.2, 0.25) is 0 Å². The molecule has 0 radical (unpaired) electrons. The van der Waals surface area contributed by atoms with E-state index in [0.29, 0.717) is 0 Å². The minimum absolute atomic E-state index is 0.774. The van der Waals surface area contributed by atoms with E-state index in [2.05, 4.69) is 36.0 Å². The van der Waals surface area contributed by atoms with Crippen molar-refractivity contribution < 1.29 is 0 Å². The lowest BCUT2D eigenvalue weighted by molar-refractivity contribution is 0.0543. The molecule has 3 nitrogen and oxygen atoms in total. The normalized spacial score (nSPS) is 39.0. The number of rotatable bonds is 5. The molecular formula is C17H33N3. The number of likely N-dealkylation sites (N-methyl/N-ethyl adjacent to an activating group) is 1. The summed E-state index contributed by atoms with van der Waals surface area (Å²) in [6, 6.07) is 2.59. The largest absolute Gasteiger partial charge is 0.316 e. The summed E-state index contributed by atoms with van der Waals surface area (Å²) in [6.45, 7) is 9.69. The highest BCUT2D eigenvalue weighted by Gasteiger charge is 2.41. The molecule has 0 aromatic heterocycles. The quantitative estimate of drug-likeness (QED) is 0.832. The number of nitrogens with one attached hydrogen (secondary N) is 1. The average Bonchev–Trinajstić information content (AvgIpc) is 2.61. The van der Waals surface area contributed by atoms with Gasteiger partial charge >= 0.3 is 0 Å². The summed E-state index contributed by atoms with van der Waals surface area (Å²) in [5, 5.41) is 3.68. The molecule has 2 bridgehead atoms. The third-order valence-electron chi connectivity index (χ3n) is 5.99. The van der Waals surface area contributed by atoms with Gasteiger partial charge in [0.15, 0.2) is 0 Å². The van der Waals surface area contributed by atoms with Gasteiger partial charge in [0.2, 0.25) is 0 Å². The molecule has 3 heteroatoms. The fourth-order valence-corrected chi connectivity index (χ4v) is 4.46. The van der Waals surface area contributed by atoms with E-state index in [0.717, 1.165) is 30.0 Å². The van der Waals surface area contributed by atoms with E-state index in [1.165, 1.54) is 58.3 Å². The van der Waals surface area contributed by atoms with Crippen LogP contribution in [0.4, 0.5) is 0 Å². The zero-order valence-corrected chi connectivity index (χ0v) is 13.6. The van der Waals surface area contributed by atoms with Gasteiger partial charge in [0.25, 0.3) is 0 Å². The van der Waals surface area contributed by atoms with Crippen LogP contribution in [0, 0.1) is 11.8 Å². The highest BCUT2D eigenvalue weighted by Crippen LogP contribution is 2.36. The lowest BCUT2D eigenvalue weighted by atomic mass is 9.78. The molecule has 2 heterocycles. The molecule has 1 aliphatic carbocycles. The van der Waals surface area contributed by atoms with Gasteiger partial charge in [-0.1, -0.05) is 13.8 Å². The summed E-state index contributed by atoms with van der Waals surface area (Å²) in [5.41, 5.74) is 0. The molecule has 116 valence electrons. The van der Waals surface area contributed by atoms with E-state index in [-0.39, 0.29) is 0 Å². The van der Waals surface area contributed by atoms with Crippen molar-refractivity contribution in [2.24, 2.45) is 11.8 Å². The van der Waals surface area contributed by atoms with Crippen LogP contribution in [0.3, 0.4) is 0 Å². The summed E-state index contributed by atoms with van der Waals surface area (Å²) in [4.78, 5) is 5.51. The van der Waals surface area contributed by atoms with E-state index in [1.807, 2.05) is 0 Å². The van der Waals surface area contributed by atoms with Crippen LogP contribution in [0.5, 0.6) is 0 Å². The molecule has 0 amide bonds. The van der Waals surface area contributed by atoms with Gasteiger partial charge in [0.05, 0.1) is 0 Å². The highest BCUT2D eigenvalue weighted by atomic mass is 15.3. The highest BCUT2D eigenvalue weighted by molar-refractivity contribution is 4.97. The number of hydrogen-bond donors (Lipinski definition) is 1. The van der Waals surface area contributed by atoms with Gasteiger partial charge in [-0.25, -0.2) is 0 Å². The minimum atomic E-state index is 0.774. The van der Waals surface area contributed by atoms with Crippen LogP contribution in [0.15, 0.2) is 0 Å².